The summed E-state index contributed by atoms with van der Waals surface area (Å²) in [6.07, 6.45) is 6.89. The van der Waals surface area contributed by atoms with Gasteiger partial charge in [-0.15, -0.1) is 0 Å². The Hall–Kier alpha value is -1.89. The van der Waals surface area contributed by atoms with Crippen molar-refractivity contribution in [2.75, 3.05) is 40.5 Å². The molecule has 2 aliphatic heterocycles. The van der Waals surface area contributed by atoms with Gasteiger partial charge in [-0.25, -0.2) is 4.98 Å². The number of methoxy groups -OCH3 is 2. The van der Waals surface area contributed by atoms with Crippen LogP contribution in [0.15, 0.2) is 30.7 Å². The van der Waals surface area contributed by atoms with Gasteiger partial charge < -0.3 is 18.8 Å². The molecular formula is C21H29N3O3. The van der Waals surface area contributed by atoms with E-state index in [9.17, 15) is 0 Å². The lowest BCUT2D eigenvalue weighted by Gasteiger charge is -2.45. The molecule has 6 heteroatoms. The lowest BCUT2D eigenvalue weighted by Crippen LogP contribution is -2.46. The van der Waals surface area contributed by atoms with Crippen molar-refractivity contribution in [1.29, 1.82) is 0 Å². The fourth-order valence-corrected chi connectivity index (χ4v) is 4.37. The predicted molar refractivity (Wildman–Crippen MR) is 103 cm³/mol. The molecule has 1 fully saturated rings. The molecule has 0 bridgehead atoms. The molecule has 1 spiro atoms. The zero-order chi connectivity index (χ0) is 18.7. The Morgan fingerprint density at radius 1 is 1.22 bits per heavy atom. The normalized spacial score (nSPS) is 19.2. The van der Waals surface area contributed by atoms with Crippen molar-refractivity contribution in [2.24, 2.45) is 0 Å². The number of hydrogen-bond acceptors (Lipinski definition) is 5. The second-order valence-electron chi connectivity index (χ2n) is 7.46. The number of hydrogen-bond donors (Lipinski definition) is 0. The van der Waals surface area contributed by atoms with Crippen LogP contribution in [-0.4, -0.2) is 55.0 Å². The van der Waals surface area contributed by atoms with Crippen molar-refractivity contribution < 1.29 is 14.2 Å². The van der Waals surface area contributed by atoms with Crippen LogP contribution in [0.4, 0.5) is 0 Å². The number of imidazole rings is 1. The summed E-state index contributed by atoms with van der Waals surface area (Å²) < 4.78 is 19.2. The van der Waals surface area contributed by atoms with Gasteiger partial charge in [-0.1, -0.05) is 6.07 Å². The summed E-state index contributed by atoms with van der Waals surface area (Å²) in [4.78, 5) is 6.82. The third-order valence-electron chi connectivity index (χ3n) is 5.94. The maximum absolute atomic E-state index is 6.37. The van der Waals surface area contributed by atoms with E-state index in [0.29, 0.717) is 6.61 Å². The Bertz CT molecular complexity index is 766. The van der Waals surface area contributed by atoms with E-state index in [1.165, 1.54) is 16.8 Å². The van der Waals surface area contributed by atoms with Crippen molar-refractivity contribution >= 4 is 0 Å². The first-order chi connectivity index (χ1) is 13.2. The summed E-state index contributed by atoms with van der Waals surface area (Å²) in [5.74, 6) is 0.938. The molecule has 0 radical (unpaired) electrons. The van der Waals surface area contributed by atoms with E-state index in [2.05, 4.69) is 32.7 Å². The van der Waals surface area contributed by atoms with Crippen LogP contribution in [0.2, 0.25) is 0 Å². The zero-order valence-electron chi connectivity index (χ0n) is 16.3. The van der Waals surface area contributed by atoms with Crippen molar-refractivity contribution in [2.45, 2.75) is 38.0 Å². The number of nitrogens with zero attached hydrogens (tertiary/aromatic N) is 3. The molecule has 4 rings (SSSR count). The number of benzene rings is 1. The van der Waals surface area contributed by atoms with Gasteiger partial charge in [0, 0.05) is 39.5 Å². The molecule has 0 saturated carbocycles. The van der Waals surface area contributed by atoms with E-state index < -0.39 is 0 Å². The zero-order valence-corrected chi connectivity index (χ0v) is 16.3. The first-order valence-electron chi connectivity index (χ1n) is 9.76. The van der Waals surface area contributed by atoms with E-state index in [1.807, 2.05) is 12.5 Å². The minimum atomic E-state index is -0.132. The van der Waals surface area contributed by atoms with Gasteiger partial charge in [0.05, 0.1) is 37.9 Å². The summed E-state index contributed by atoms with van der Waals surface area (Å²) in [6.45, 7) is 5.34. The highest BCUT2D eigenvalue weighted by atomic mass is 16.5. The molecule has 27 heavy (non-hydrogen) atoms. The maximum atomic E-state index is 6.37. The third-order valence-corrected chi connectivity index (χ3v) is 5.94. The standard InChI is InChI=1S/C21H29N3O3/c1-25-12-10-24-16-22-14-18(24)15-23-8-6-21(7-9-23)20-4-3-19(26-2)13-17(20)5-11-27-21/h3-4,13-14,16H,5-12,15H2,1-2H3. The lowest BCUT2D eigenvalue weighted by molar-refractivity contribution is -0.0991. The van der Waals surface area contributed by atoms with Gasteiger partial charge in [-0.3, -0.25) is 4.90 Å². The van der Waals surface area contributed by atoms with E-state index in [0.717, 1.165) is 57.8 Å². The lowest BCUT2D eigenvalue weighted by atomic mass is 9.79. The molecule has 6 nitrogen and oxygen atoms in total. The second kappa shape index (κ2) is 8.00. The Balaban J connectivity index is 1.43. The molecule has 0 unspecified atom stereocenters. The van der Waals surface area contributed by atoms with Gasteiger partial charge in [0.25, 0.3) is 0 Å². The Morgan fingerprint density at radius 2 is 2.07 bits per heavy atom. The number of likely N-dealkylation sites (tertiary alicyclic amines) is 1. The SMILES string of the molecule is COCCn1cncc1CN1CCC2(CC1)OCCc1cc(OC)ccc12. The monoisotopic (exact) mass is 371 g/mol. The van der Waals surface area contributed by atoms with Crippen LogP contribution >= 0.6 is 0 Å². The van der Waals surface area contributed by atoms with E-state index in [-0.39, 0.29) is 5.60 Å². The molecule has 2 aromatic rings. The highest BCUT2D eigenvalue weighted by Crippen LogP contribution is 2.42. The van der Waals surface area contributed by atoms with Crippen molar-refractivity contribution in [3.8, 4) is 5.75 Å². The molecule has 0 N–H and O–H groups in total. The Labute approximate surface area is 161 Å². The average Bonchev–Trinajstić information content (AvgIpc) is 3.15. The number of ether oxygens (including phenoxy) is 3. The number of fused-ring (bicyclic) bond motifs is 2. The quantitative estimate of drug-likeness (QED) is 0.781. The molecule has 1 aromatic heterocycles. The Morgan fingerprint density at radius 3 is 2.85 bits per heavy atom. The predicted octanol–water partition coefficient (Wildman–Crippen LogP) is 2.60. The molecular weight excluding hydrogens is 342 g/mol. The first-order valence-corrected chi connectivity index (χ1v) is 9.76. The topological polar surface area (TPSA) is 48.8 Å². The number of rotatable bonds is 6. The molecule has 146 valence electrons. The third kappa shape index (κ3) is 3.74. The van der Waals surface area contributed by atoms with Crippen LogP contribution < -0.4 is 4.74 Å². The minimum absolute atomic E-state index is 0.132. The van der Waals surface area contributed by atoms with E-state index in [4.69, 9.17) is 14.2 Å². The fraction of sp³-hybridized carbons (Fsp3) is 0.571. The summed E-state index contributed by atoms with van der Waals surface area (Å²) in [5.41, 5.74) is 3.86. The molecule has 1 saturated heterocycles. The summed E-state index contributed by atoms with van der Waals surface area (Å²) in [6, 6.07) is 6.46. The van der Waals surface area contributed by atoms with Gasteiger partial charge in [0.2, 0.25) is 0 Å². The second-order valence-corrected chi connectivity index (χ2v) is 7.46. The first kappa shape index (κ1) is 18.5. The maximum Gasteiger partial charge on any atom is 0.119 e. The number of aromatic nitrogens is 2. The van der Waals surface area contributed by atoms with Crippen molar-refractivity contribution in [3.63, 3.8) is 0 Å². The average molecular weight is 371 g/mol. The van der Waals surface area contributed by atoms with E-state index >= 15 is 0 Å². The molecule has 1 aromatic carbocycles. The summed E-state index contributed by atoms with van der Waals surface area (Å²) in [7, 11) is 3.46. The van der Waals surface area contributed by atoms with Gasteiger partial charge >= 0.3 is 0 Å². The van der Waals surface area contributed by atoms with Gasteiger partial charge in [-0.05, 0) is 42.5 Å². The highest BCUT2D eigenvalue weighted by Gasteiger charge is 2.40. The van der Waals surface area contributed by atoms with E-state index in [1.54, 1.807) is 14.2 Å². The smallest absolute Gasteiger partial charge is 0.119 e. The van der Waals surface area contributed by atoms with Gasteiger partial charge in [-0.2, -0.15) is 0 Å². The molecule has 2 aliphatic rings. The van der Waals surface area contributed by atoms with Crippen molar-refractivity contribution in [1.82, 2.24) is 14.5 Å². The van der Waals surface area contributed by atoms with Crippen LogP contribution in [0.1, 0.15) is 29.7 Å². The molecule has 3 heterocycles. The van der Waals surface area contributed by atoms with Crippen LogP contribution in [0.3, 0.4) is 0 Å². The molecule has 0 atom stereocenters. The van der Waals surface area contributed by atoms with Crippen LogP contribution in [0.5, 0.6) is 5.75 Å². The largest absolute Gasteiger partial charge is 0.497 e. The van der Waals surface area contributed by atoms with Crippen LogP contribution in [-0.2, 0) is 34.6 Å². The summed E-state index contributed by atoms with van der Waals surface area (Å²) >= 11 is 0. The Kier molecular flexibility index (Phi) is 5.48. The minimum Gasteiger partial charge on any atom is -0.497 e. The molecule has 0 amide bonds. The fourth-order valence-electron chi connectivity index (χ4n) is 4.37. The number of piperidine rings is 1. The highest BCUT2D eigenvalue weighted by molar-refractivity contribution is 5.41. The van der Waals surface area contributed by atoms with Crippen molar-refractivity contribution in [3.05, 3.63) is 47.5 Å². The van der Waals surface area contributed by atoms with Crippen LogP contribution in [0, 0.1) is 0 Å². The summed E-state index contributed by atoms with van der Waals surface area (Å²) in [5, 5.41) is 0. The van der Waals surface area contributed by atoms with Gasteiger partial charge in [0.1, 0.15) is 5.75 Å². The van der Waals surface area contributed by atoms with Gasteiger partial charge in [0.15, 0.2) is 0 Å². The van der Waals surface area contributed by atoms with Crippen LogP contribution in [0.25, 0.3) is 0 Å². The molecule has 0 aliphatic carbocycles.